The highest BCUT2D eigenvalue weighted by Gasteiger charge is 2.26. The number of rotatable bonds is 5. The average molecular weight is 280 g/mol. The van der Waals surface area contributed by atoms with Gasteiger partial charge in [-0.25, -0.2) is 0 Å². The molecule has 0 aromatic rings. The molecular formula is C17H32N2O. The molecule has 20 heavy (non-hydrogen) atoms. The molecule has 3 nitrogen and oxygen atoms in total. The maximum absolute atomic E-state index is 12.4. The zero-order valence-electron chi connectivity index (χ0n) is 13.4. The summed E-state index contributed by atoms with van der Waals surface area (Å²) >= 11 is 0. The van der Waals surface area contributed by atoms with E-state index in [4.69, 9.17) is 0 Å². The molecule has 2 rings (SSSR count). The smallest absolute Gasteiger partial charge is 0.239 e. The average Bonchev–Trinajstić information content (AvgIpc) is 2.49. The summed E-state index contributed by atoms with van der Waals surface area (Å²) in [7, 11) is 0. The van der Waals surface area contributed by atoms with E-state index in [1.54, 1.807) is 0 Å². The largest absolute Gasteiger partial charge is 0.341 e. The van der Waals surface area contributed by atoms with E-state index in [1.807, 2.05) is 0 Å². The fourth-order valence-corrected chi connectivity index (χ4v) is 3.84. The van der Waals surface area contributed by atoms with Crippen molar-refractivity contribution in [3.05, 3.63) is 0 Å². The zero-order valence-corrected chi connectivity index (χ0v) is 13.4. The van der Waals surface area contributed by atoms with Gasteiger partial charge in [-0.3, -0.25) is 4.79 Å². The van der Waals surface area contributed by atoms with Crippen LogP contribution in [0.1, 0.15) is 71.6 Å². The summed E-state index contributed by atoms with van der Waals surface area (Å²) in [5.41, 5.74) is 0. The van der Waals surface area contributed by atoms with Crippen LogP contribution in [0.4, 0.5) is 0 Å². The van der Waals surface area contributed by atoms with E-state index in [0.29, 0.717) is 11.9 Å². The zero-order chi connectivity index (χ0) is 14.4. The molecule has 1 heterocycles. The van der Waals surface area contributed by atoms with Gasteiger partial charge in [-0.2, -0.15) is 0 Å². The highest BCUT2D eigenvalue weighted by Crippen LogP contribution is 2.28. The Kier molecular flexibility index (Phi) is 6.34. The van der Waals surface area contributed by atoms with Crippen LogP contribution in [-0.2, 0) is 4.79 Å². The van der Waals surface area contributed by atoms with Crippen LogP contribution in [0.3, 0.4) is 0 Å². The van der Waals surface area contributed by atoms with Gasteiger partial charge in [-0.15, -0.1) is 0 Å². The van der Waals surface area contributed by atoms with Crippen molar-refractivity contribution in [2.24, 2.45) is 5.92 Å². The molecule has 0 radical (unpaired) electrons. The summed E-state index contributed by atoms with van der Waals surface area (Å²) in [6.45, 7) is 6.26. The van der Waals surface area contributed by atoms with Crippen molar-refractivity contribution >= 4 is 5.91 Å². The van der Waals surface area contributed by atoms with Crippen molar-refractivity contribution in [1.29, 1.82) is 0 Å². The maximum Gasteiger partial charge on any atom is 0.239 e. The minimum Gasteiger partial charge on any atom is -0.341 e. The van der Waals surface area contributed by atoms with Gasteiger partial charge in [0.1, 0.15) is 0 Å². The third-order valence-corrected chi connectivity index (χ3v) is 5.07. The summed E-state index contributed by atoms with van der Waals surface area (Å²) in [6, 6.07) is 0.563. The van der Waals surface area contributed by atoms with Crippen LogP contribution in [0.15, 0.2) is 0 Å². The van der Waals surface area contributed by atoms with E-state index in [9.17, 15) is 4.79 Å². The molecule has 1 unspecified atom stereocenters. The molecule has 0 aromatic carbocycles. The number of carbonyl (C=O) groups excluding carboxylic acids is 1. The summed E-state index contributed by atoms with van der Waals surface area (Å²) < 4.78 is 0. The van der Waals surface area contributed by atoms with Gasteiger partial charge in [0.05, 0.1) is 6.04 Å². The summed E-state index contributed by atoms with van der Waals surface area (Å²) in [6.07, 6.45) is 11.5. The molecule has 0 bridgehead atoms. The molecule has 1 saturated carbocycles. The van der Waals surface area contributed by atoms with Crippen molar-refractivity contribution in [2.45, 2.75) is 83.7 Å². The second-order valence-electron chi connectivity index (χ2n) is 6.78. The minimum atomic E-state index is 0.000764. The third kappa shape index (κ3) is 4.47. The van der Waals surface area contributed by atoms with Gasteiger partial charge in [-0.05, 0) is 57.8 Å². The molecule has 0 spiro atoms. The van der Waals surface area contributed by atoms with Gasteiger partial charge in [0, 0.05) is 19.1 Å². The van der Waals surface area contributed by atoms with Gasteiger partial charge < -0.3 is 10.2 Å². The second-order valence-corrected chi connectivity index (χ2v) is 6.78. The van der Waals surface area contributed by atoms with Crippen LogP contribution in [0.5, 0.6) is 0 Å². The first-order chi connectivity index (χ1) is 9.70. The molecule has 1 aliphatic carbocycles. The fraction of sp³-hybridized carbons (Fsp3) is 0.941. The molecule has 1 amide bonds. The Balaban J connectivity index is 1.71. The lowest BCUT2D eigenvalue weighted by Gasteiger charge is -2.34. The van der Waals surface area contributed by atoms with Crippen molar-refractivity contribution < 1.29 is 4.79 Å². The predicted molar refractivity (Wildman–Crippen MR) is 83.7 cm³/mol. The minimum absolute atomic E-state index is 0.000764. The van der Waals surface area contributed by atoms with Gasteiger partial charge in [0.15, 0.2) is 0 Å². The van der Waals surface area contributed by atoms with Crippen LogP contribution in [0.2, 0.25) is 0 Å². The first-order valence-corrected chi connectivity index (χ1v) is 8.75. The van der Waals surface area contributed by atoms with Crippen LogP contribution in [0, 0.1) is 5.92 Å². The lowest BCUT2D eigenvalue weighted by Crippen LogP contribution is -2.50. The number of hydrogen-bond acceptors (Lipinski definition) is 2. The number of carbonyl (C=O) groups is 1. The second kappa shape index (κ2) is 8.02. The lowest BCUT2D eigenvalue weighted by atomic mass is 9.83. The number of nitrogens with one attached hydrogen (secondary N) is 1. The Morgan fingerprint density at radius 3 is 2.40 bits per heavy atom. The van der Waals surface area contributed by atoms with E-state index in [0.717, 1.165) is 19.0 Å². The molecule has 1 N–H and O–H groups in total. The third-order valence-electron chi connectivity index (χ3n) is 5.07. The summed E-state index contributed by atoms with van der Waals surface area (Å²) in [4.78, 5) is 14.5. The van der Waals surface area contributed by atoms with Crippen molar-refractivity contribution in [2.75, 3.05) is 13.1 Å². The molecule has 1 atom stereocenters. The number of hydrogen-bond donors (Lipinski definition) is 1. The first kappa shape index (κ1) is 15.8. The molecular weight excluding hydrogens is 248 g/mol. The van der Waals surface area contributed by atoms with Gasteiger partial charge in [-0.1, -0.05) is 19.8 Å². The molecule has 0 aromatic heterocycles. The van der Waals surface area contributed by atoms with Crippen molar-refractivity contribution in [3.8, 4) is 0 Å². The monoisotopic (exact) mass is 280 g/mol. The van der Waals surface area contributed by atoms with Crippen LogP contribution < -0.4 is 5.32 Å². The molecule has 2 fully saturated rings. The molecule has 2 aliphatic rings. The van der Waals surface area contributed by atoms with E-state index in [2.05, 4.69) is 24.1 Å². The Bertz CT molecular complexity index is 291. The quantitative estimate of drug-likeness (QED) is 0.837. The number of likely N-dealkylation sites (tertiary alicyclic amines) is 1. The van der Waals surface area contributed by atoms with Gasteiger partial charge in [0.2, 0.25) is 5.91 Å². The Labute approximate surface area is 124 Å². The van der Waals surface area contributed by atoms with Crippen LogP contribution >= 0.6 is 0 Å². The van der Waals surface area contributed by atoms with Crippen molar-refractivity contribution in [1.82, 2.24) is 10.2 Å². The maximum atomic E-state index is 12.4. The standard InChI is InChI=1S/C17H32N2O/c1-3-7-15-8-10-16(11-9-15)18-14(2)17(20)19-12-5-4-6-13-19/h14-16,18H,3-13H2,1-2H3. The summed E-state index contributed by atoms with van der Waals surface area (Å²) in [5, 5.41) is 3.59. The summed E-state index contributed by atoms with van der Waals surface area (Å²) in [5.74, 6) is 1.26. The van der Waals surface area contributed by atoms with Gasteiger partial charge >= 0.3 is 0 Å². The highest BCUT2D eigenvalue weighted by molar-refractivity contribution is 5.81. The van der Waals surface area contributed by atoms with Crippen molar-refractivity contribution in [3.63, 3.8) is 0 Å². The number of amides is 1. The SMILES string of the molecule is CCCC1CCC(NC(C)C(=O)N2CCCCC2)CC1. The van der Waals surface area contributed by atoms with E-state index >= 15 is 0 Å². The van der Waals surface area contributed by atoms with Gasteiger partial charge in [0.25, 0.3) is 0 Å². The van der Waals surface area contributed by atoms with E-state index < -0.39 is 0 Å². The normalized spacial score (nSPS) is 29.2. The number of nitrogens with zero attached hydrogens (tertiary/aromatic N) is 1. The molecule has 3 heteroatoms. The lowest BCUT2D eigenvalue weighted by molar-refractivity contribution is -0.134. The molecule has 1 saturated heterocycles. The van der Waals surface area contributed by atoms with Crippen LogP contribution in [-0.4, -0.2) is 36.0 Å². The topological polar surface area (TPSA) is 32.3 Å². The first-order valence-electron chi connectivity index (χ1n) is 8.75. The predicted octanol–water partition coefficient (Wildman–Crippen LogP) is 3.34. The Morgan fingerprint density at radius 1 is 1.15 bits per heavy atom. The highest BCUT2D eigenvalue weighted by atomic mass is 16.2. The molecule has 1 aliphatic heterocycles. The van der Waals surface area contributed by atoms with E-state index in [-0.39, 0.29) is 6.04 Å². The van der Waals surface area contributed by atoms with E-state index in [1.165, 1.54) is 57.8 Å². The Morgan fingerprint density at radius 2 is 1.80 bits per heavy atom. The molecule has 116 valence electrons. The Hall–Kier alpha value is -0.570. The van der Waals surface area contributed by atoms with Crippen LogP contribution in [0.25, 0.3) is 0 Å². The number of piperidine rings is 1. The fourth-order valence-electron chi connectivity index (χ4n) is 3.84.